The number of nitrogens with zero attached hydrogens (tertiary/aromatic N) is 2. The van der Waals surface area contributed by atoms with Crippen molar-refractivity contribution < 1.29 is 4.39 Å². The summed E-state index contributed by atoms with van der Waals surface area (Å²) in [4.78, 5) is 0. The minimum atomic E-state index is -0.224. The van der Waals surface area contributed by atoms with Crippen molar-refractivity contribution in [2.24, 2.45) is 5.73 Å². The lowest BCUT2D eigenvalue weighted by molar-refractivity contribution is 0.621. The highest BCUT2D eigenvalue weighted by Crippen LogP contribution is 2.27. The molecule has 0 amide bonds. The second kappa shape index (κ2) is 4.67. The maximum atomic E-state index is 13.8. The zero-order chi connectivity index (χ0) is 11.5. The van der Waals surface area contributed by atoms with Crippen LogP contribution in [0.1, 0.15) is 10.6 Å². The smallest absolute Gasteiger partial charge is 0.150 e. The van der Waals surface area contributed by atoms with Crippen molar-refractivity contribution in [1.82, 2.24) is 10.2 Å². The zero-order valence-corrected chi connectivity index (χ0v) is 9.72. The van der Waals surface area contributed by atoms with Crippen molar-refractivity contribution in [2.75, 3.05) is 6.54 Å². The summed E-state index contributed by atoms with van der Waals surface area (Å²) in [6, 6.07) is 5.27. The van der Waals surface area contributed by atoms with Gasteiger partial charge in [-0.1, -0.05) is 23.5 Å². The summed E-state index contributed by atoms with van der Waals surface area (Å²) < 4.78 is 13.8. The summed E-state index contributed by atoms with van der Waals surface area (Å²) in [6.07, 6.45) is 0.686. The average Bonchev–Trinajstić information content (AvgIpc) is 2.71. The standard InChI is InChI=1S/C11H12FN3S/c1-7-3-2-4-8(10(7)12)11-15-14-9(16-11)5-6-13/h2-4H,5-6,13H2,1H3. The van der Waals surface area contributed by atoms with E-state index in [4.69, 9.17) is 5.73 Å². The van der Waals surface area contributed by atoms with Crippen LogP contribution >= 0.6 is 11.3 Å². The van der Waals surface area contributed by atoms with E-state index in [0.29, 0.717) is 29.1 Å². The second-order valence-electron chi connectivity index (χ2n) is 3.48. The fraction of sp³-hybridized carbons (Fsp3) is 0.273. The van der Waals surface area contributed by atoms with Crippen molar-refractivity contribution in [2.45, 2.75) is 13.3 Å². The molecule has 0 atom stereocenters. The third kappa shape index (κ3) is 2.10. The number of nitrogens with two attached hydrogens (primary N) is 1. The van der Waals surface area contributed by atoms with Gasteiger partial charge in [0.1, 0.15) is 10.8 Å². The molecule has 0 saturated carbocycles. The summed E-state index contributed by atoms with van der Waals surface area (Å²) >= 11 is 1.39. The molecular formula is C11H12FN3S. The van der Waals surface area contributed by atoms with E-state index < -0.39 is 0 Å². The molecule has 1 heterocycles. The Kier molecular flexibility index (Phi) is 3.26. The monoisotopic (exact) mass is 237 g/mol. The summed E-state index contributed by atoms with van der Waals surface area (Å²) in [6.45, 7) is 2.27. The minimum absolute atomic E-state index is 0.224. The maximum Gasteiger partial charge on any atom is 0.150 e. The molecule has 0 fully saturated rings. The van der Waals surface area contributed by atoms with E-state index in [1.54, 1.807) is 19.1 Å². The molecule has 0 aliphatic heterocycles. The van der Waals surface area contributed by atoms with Gasteiger partial charge in [-0.05, 0) is 25.1 Å². The predicted octanol–water partition coefficient (Wildman–Crippen LogP) is 2.15. The first-order valence-electron chi connectivity index (χ1n) is 5.00. The van der Waals surface area contributed by atoms with Crippen molar-refractivity contribution in [1.29, 1.82) is 0 Å². The first kappa shape index (κ1) is 11.2. The molecule has 2 N–H and O–H groups in total. The van der Waals surface area contributed by atoms with Crippen LogP contribution in [0.4, 0.5) is 4.39 Å². The van der Waals surface area contributed by atoms with Gasteiger partial charge in [-0.2, -0.15) is 0 Å². The summed E-state index contributed by atoms with van der Waals surface area (Å²) in [5.41, 5.74) is 6.56. The van der Waals surface area contributed by atoms with Crippen LogP contribution in [0.5, 0.6) is 0 Å². The van der Waals surface area contributed by atoms with Crippen LogP contribution in [0.3, 0.4) is 0 Å². The molecule has 0 aliphatic carbocycles. The van der Waals surface area contributed by atoms with Gasteiger partial charge in [0.15, 0.2) is 5.01 Å². The van der Waals surface area contributed by atoms with Crippen LogP contribution in [0.15, 0.2) is 18.2 Å². The number of hydrogen-bond donors (Lipinski definition) is 1. The number of benzene rings is 1. The first-order chi connectivity index (χ1) is 7.72. The van der Waals surface area contributed by atoms with E-state index in [2.05, 4.69) is 10.2 Å². The quantitative estimate of drug-likeness (QED) is 0.890. The summed E-state index contributed by atoms with van der Waals surface area (Å²) in [7, 11) is 0. The molecular weight excluding hydrogens is 225 g/mol. The molecule has 0 spiro atoms. The van der Waals surface area contributed by atoms with Gasteiger partial charge in [-0.3, -0.25) is 0 Å². The summed E-state index contributed by atoms with van der Waals surface area (Å²) in [5, 5.41) is 9.42. The molecule has 0 bridgehead atoms. The van der Waals surface area contributed by atoms with Gasteiger partial charge >= 0.3 is 0 Å². The molecule has 0 radical (unpaired) electrons. The van der Waals surface area contributed by atoms with Gasteiger partial charge in [-0.15, -0.1) is 10.2 Å². The molecule has 5 heteroatoms. The fourth-order valence-corrected chi connectivity index (χ4v) is 2.27. The Hall–Kier alpha value is -1.33. The molecule has 1 aromatic carbocycles. The Balaban J connectivity index is 2.39. The number of halogens is 1. The molecule has 84 valence electrons. The lowest BCUT2D eigenvalue weighted by Gasteiger charge is -2.00. The lowest BCUT2D eigenvalue weighted by atomic mass is 10.1. The van der Waals surface area contributed by atoms with Gasteiger partial charge in [-0.25, -0.2) is 4.39 Å². The highest BCUT2D eigenvalue weighted by Gasteiger charge is 2.11. The maximum absolute atomic E-state index is 13.8. The molecule has 0 aliphatic rings. The number of hydrogen-bond acceptors (Lipinski definition) is 4. The molecule has 16 heavy (non-hydrogen) atoms. The van der Waals surface area contributed by atoms with Crippen LogP contribution in [0.2, 0.25) is 0 Å². The largest absolute Gasteiger partial charge is 0.330 e. The third-order valence-corrected chi connectivity index (χ3v) is 3.26. The van der Waals surface area contributed by atoms with Gasteiger partial charge in [0.2, 0.25) is 0 Å². The Labute approximate surface area is 97.1 Å². The van der Waals surface area contributed by atoms with E-state index in [1.165, 1.54) is 11.3 Å². The molecule has 1 aromatic heterocycles. The number of aryl methyl sites for hydroxylation is 1. The lowest BCUT2D eigenvalue weighted by Crippen LogP contribution is -2.01. The topological polar surface area (TPSA) is 51.8 Å². The van der Waals surface area contributed by atoms with Crippen LogP contribution < -0.4 is 5.73 Å². The third-order valence-electron chi connectivity index (χ3n) is 2.25. The molecule has 3 nitrogen and oxygen atoms in total. The van der Waals surface area contributed by atoms with Gasteiger partial charge in [0.05, 0.1) is 0 Å². The SMILES string of the molecule is Cc1cccc(-c2nnc(CCN)s2)c1F. The Morgan fingerprint density at radius 2 is 2.19 bits per heavy atom. The van der Waals surface area contributed by atoms with Crippen LogP contribution in [0.25, 0.3) is 10.6 Å². The molecule has 0 saturated heterocycles. The second-order valence-corrected chi connectivity index (χ2v) is 4.54. The van der Waals surface area contributed by atoms with Crippen molar-refractivity contribution in [3.05, 3.63) is 34.6 Å². The normalized spacial score (nSPS) is 10.7. The van der Waals surface area contributed by atoms with E-state index >= 15 is 0 Å². The fourth-order valence-electron chi connectivity index (χ4n) is 1.40. The Morgan fingerprint density at radius 3 is 2.94 bits per heavy atom. The number of aromatic nitrogens is 2. The van der Waals surface area contributed by atoms with Crippen molar-refractivity contribution in [3.63, 3.8) is 0 Å². The Bertz CT molecular complexity index is 496. The van der Waals surface area contributed by atoms with E-state index in [1.807, 2.05) is 6.07 Å². The predicted molar refractivity (Wildman–Crippen MR) is 62.8 cm³/mol. The van der Waals surface area contributed by atoms with Crippen LogP contribution in [-0.4, -0.2) is 16.7 Å². The highest BCUT2D eigenvalue weighted by atomic mass is 32.1. The first-order valence-corrected chi connectivity index (χ1v) is 5.82. The minimum Gasteiger partial charge on any atom is -0.330 e. The van der Waals surface area contributed by atoms with E-state index in [0.717, 1.165) is 5.01 Å². The van der Waals surface area contributed by atoms with Crippen molar-refractivity contribution in [3.8, 4) is 10.6 Å². The van der Waals surface area contributed by atoms with E-state index in [-0.39, 0.29) is 5.82 Å². The van der Waals surface area contributed by atoms with Crippen LogP contribution in [0, 0.1) is 12.7 Å². The summed E-state index contributed by atoms with van der Waals surface area (Å²) in [5.74, 6) is -0.224. The molecule has 0 unspecified atom stereocenters. The molecule has 2 rings (SSSR count). The average molecular weight is 237 g/mol. The van der Waals surface area contributed by atoms with Gasteiger partial charge in [0.25, 0.3) is 0 Å². The van der Waals surface area contributed by atoms with Gasteiger partial charge < -0.3 is 5.73 Å². The highest BCUT2D eigenvalue weighted by molar-refractivity contribution is 7.14. The van der Waals surface area contributed by atoms with Gasteiger partial charge in [0, 0.05) is 12.0 Å². The zero-order valence-electron chi connectivity index (χ0n) is 8.90. The molecule has 2 aromatic rings. The Morgan fingerprint density at radius 1 is 1.38 bits per heavy atom. The van der Waals surface area contributed by atoms with E-state index in [9.17, 15) is 4.39 Å². The van der Waals surface area contributed by atoms with Crippen LogP contribution in [-0.2, 0) is 6.42 Å². The number of rotatable bonds is 3. The van der Waals surface area contributed by atoms with Crippen molar-refractivity contribution >= 4 is 11.3 Å².